The Morgan fingerprint density at radius 3 is 2.90 bits per heavy atom. The summed E-state index contributed by atoms with van der Waals surface area (Å²) in [5, 5.41) is 10.9. The third-order valence-corrected chi connectivity index (χ3v) is 3.44. The molecule has 0 aliphatic rings. The van der Waals surface area contributed by atoms with Gasteiger partial charge in [0.25, 0.3) is 0 Å². The second kappa shape index (κ2) is 6.60. The minimum absolute atomic E-state index is 0.317. The van der Waals surface area contributed by atoms with Gasteiger partial charge in [0, 0.05) is 11.6 Å². The first-order valence-electron chi connectivity index (χ1n) is 6.59. The van der Waals surface area contributed by atoms with Gasteiger partial charge in [0.1, 0.15) is 5.01 Å². The average molecular weight is 294 g/mol. The number of hydrogen-bond donors (Lipinski definition) is 0. The minimum Gasteiger partial charge on any atom is -0.461 e. The summed E-state index contributed by atoms with van der Waals surface area (Å²) < 4.78 is 6.77. The monoisotopic (exact) mass is 294 g/mol. The zero-order valence-corrected chi connectivity index (χ0v) is 12.7. The van der Waals surface area contributed by atoms with E-state index < -0.39 is 5.97 Å². The van der Waals surface area contributed by atoms with Gasteiger partial charge >= 0.3 is 5.97 Å². The second-order valence-corrected chi connectivity index (χ2v) is 5.77. The molecule has 0 amide bonds. The summed E-state index contributed by atoms with van der Waals surface area (Å²) in [5.41, 5.74) is 1.13. The SMILES string of the molecule is CCOC(=O)c1nnn(Cc2nccs2)c1CC(C)C. The molecule has 0 aliphatic heterocycles. The lowest BCUT2D eigenvalue weighted by Crippen LogP contribution is -2.13. The normalized spacial score (nSPS) is 11.0. The molecule has 0 bridgehead atoms. The van der Waals surface area contributed by atoms with Gasteiger partial charge in [-0.15, -0.1) is 16.4 Å². The zero-order chi connectivity index (χ0) is 14.5. The topological polar surface area (TPSA) is 69.9 Å². The third-order valence-electron chi connectivity index (χ3n) is 2.68. The van der Waals surface area contributed by atoms with Gasteiger partial charge in [0.15, 0.2) is 5.69 Å². The number of rotatable bonds is 6. The highest BCUT2D eigenvalue weighted by atomic mass is 32.1. The van der Waals surface area contributed by atoms with Crippen molar-refractivity contribution in [2.45, 2.75) is 33.7 Å². The molecule has 0 aromatic carbocycles. The van der Waals surface area contributed by atoms with Crippen LogP contribution in [0.2, 0.25) is 0 Å². The number of carbonyl (C=O) groups is 1. The van der Waals surface area contributed by atoms with Crippen molar-refractivity contribution in [1.82, 2.24) is 20.0 Å². The molecule has 7 heteroatoms. The smallest absolute Gasteiger partial charge is 0.360 e. The van der Waals surface area contributed by atoms with E-state index in [4.69, 9.17) is 4.74 Å². The summed E-state index contributed by atoms with van der Waals surface area (Å²) in [7, 11) is 0. The van der Waals surface area contributed by atoms with Crippen molar-refractivity contribution < 1.29 is 9.53 Å². The van der Waals surface area contributed by atoms with E-state index in [-0.39, 0.29) is 0 Å². The van der Waals surface area contributed by atoms with Crippen molar-refractivity contribution in [1.29, 1.82) is 0 Å². The maximum Gasteiger partial charge on any atom is 0.360 e. The molecule has 0 N–H and O–H groups in total. The van der Waals surface area contributed by atoms with E-state index in [1.165, 1.54) is 0 Å². The molecule has 0 saturated carbocycles. The molecule has 0 radical (unpaired) electrons. The highest BCUT2D eigenvalue weighted by Crippen LogP contribution is 2.15. The molecule has 0 fully saturated rings. The maximum absolute atomic E-state index is 11.9. The van der Waals surface area contributed by atoms with Crippen LogP contribution in [-0.2, 0) is 17.7 Å². The molecule has 2 aromatic heterocycles. The van der Waals surface area contributed by atoms with Crippen LogP contribution in [0.25, 0.3) is 0 Å². The van der Waals surface area contributed by atoms with Crippen molar-refractivity contribution in [3.8, 4) is 0 Å². The Labute approximate surface area is 121 Å². The molecule has 2 heterocycles. The molecule has 0 aliphatic carbocycles. The first-order valence-corrected chi connectivity index (χ1v) is 7.47. The van der Waals surface area contributed by atoms with E-state index >= 15 is 0 Å². The third kappa shape index (κ3) is 3.41. The molecule has 2 rings (SSSR count). The Bertz CT molecular complexity index is 563. The Morgan fingerprint density at radius 1 is 1.50 bits per heavy atom. The Morgan fingerprint density at radius 2 is 2.30 bits per heavy atom. The molecule has 20 heavy (non-hydrogen) atoms. The molecule has 0 atom stereocenters. The van der Waals surface area contributed by atoms with Gasteiger partial charge in [-0.1, -0.05) is 19.1 Å². The first kappa shape index (κ1) is 14.6. The van der Waals surface area contributed by atoms with E-state index in [9.17, 15) is 4.79 Å². The largest absolute Gasteiger partial charge is 0.461 e. The van der Waals surface area contributed by atoms with Crippen molar-refractivity contribution in [2.75, 3.05) is 6.61 Å². The van der Waals surface area contributed by atoms with E-state index in [1.807, 2.05) is 5.38 Å². The Kier molecular flexibility index (Phi) is 4.84. The zero-order valence-electron chi connectivity index (χ0n) is 11.9. The van der Waals surface area contributed by atoms with Crippen LogP contribution in [0.4, 0.5) is 0 Å². The number of carbonyl (C=O) groups excluding carboxylic acids is 1. The molecule has 108 valence electrons. The standard InChI is InChI=1S/C13H18N4O2S/c1-4-19-13(18)12-10(7-9(2)3)17(16-15-12)8-11-14-5-6-20-11/h5-6,9H,4,7-8H2,1-3H3. The quantitative estimate of drug-likeness (QED) is 0.764. The number of hydrogen-bond acceptors (Lipinski definition) is 6. The molecule has 0 unspecified atom stereocenters. The number of esters is 1. The number of thiazole rings is 1. The Balaban J connectivity index is 2.29. The number of nitrogens with zero attached hydrogens (tertiary/aromatic N) is 4. The van der Waals surface area contributed by atoms with E-state index in [2.05, 4.69) is 29.1 Å². The van der Waals surface area contributed by atoms with Crippen molar-refractivity contribution in [3.05, 3.63) is 28.0 Å². The van der Waals surface area contributed by atoms with Gasteiger partial charge < -0.3 is 4.74 Å². The van der Waals surface area contributed by atoms with Gasteiger partial charge in [0.2, 0.25) is 0 Å². The summed E-state index contributed by atoms with van der Waals surface area (Å²) in [6.45, 7) is 6.83. The summed E-state index contributed by atoms with van der Waals surface area (Å²) in [6.07, 6.45) is 2.48. The maximum atomic E-state index is 11.9. The van der Waals surface area contributed by atoms with Crippen LogP contribution in [0.15, 0.2) is 11.6 Å². The van der Waals surface area contributed by atoms with E-state index in [1.54, 1.807) is 29.1 Å². The highest BCUT2D eigenvalue weighted by Gasteiger charge is 2.21. The Hall–Kier alpha value is -1.76. The lowest BCUT2D eigenvalue weighted by molar-refractivity contribution is 0.0517. The van der Waals surface area contributed by atoms with Crippen LogP contribution in [0.3, 0.4) is 0 Å². The highest BCUT2D eigenvalue weighted by molar-refractivity contribution is 7.09. The van der Waals surface area contributed by atoms with Gasteiger partial charge in [-0.05, 0) is 19.3 Å². The van der Waals surface area contributed by atoms with E-state index in [0.717, 1.165) is 17.1 Å². The fraction of sp³-hybridized carbons (Fsp3) is 0.538. The molecule has 6 nitrogen and oxygen atoms in total. The molecular weight excluding hydrogens is 276 g/mol. The average Bonchev–Trinajstić information content (AvgIpc) is 3.01. The van der Waals surface area contributed by atoms with Crippen LogP contribution in [-0.4, -0.2) is 32.6 Å². The molecule has 0 saturated heterocycles. The predicted molar refractivity (Wildman–Crippen MR) is 75.7 cm³/mol. The first-order chi connectivity index (χ1) is 9.61. The second-order valence-electron chi connectivity index (χ2n) is 4.79. The van der Waals surface area contributed by atoms with Crippen LogP contribution in [0, 0.1) is 5.92 Å². The summed E-state index contributed by atoms with van der Waals surface area (Å²) in [6, 6.07) is 0. The summed E-state index contributed by atoms with van der Waals surface area (Å²) in [5.74, 6) is -0.00902. The number of aromatic nitrogens is 4. The summed E-state index contributed by atoms with van der Waals surface area (Å²) in [4.78, 5) is 16.1. The van der Waals surface area contributed by atoms with Crippen LogP contribution < -0.4 is 0 Å². The fourth-order valence-corrected chi connectivity index (χ4v) is 2.46. The van der Waals surface area contributed by atoms with Crippen LogP contribution in [0.5, 0.6) is 0 Å². The molecular formula is C13H18N4O2S. The fourth-order valence-electron chi connectivity index (χ4n) is 1.87. The van der Waals surface area contributed by atoms with Crippen molar-refractivity contribution in [2.24, 2.45) is 5.92 Å². The van der Waals surface area contributed by atoms with Gasteiger partial charge in [-0.25, -0.2) is 14.5 Å². The van der Waals surface area contributed by atoms with E-state index in [0.29, 0.717) is 24.8 Å². The van der Waals surface area contributed by atoms with Gasteiger partial charge in [-0.3, -0.25) is 0 Å². The van der Waals surface area contributed by atoms with Crippen LogP contribution >= 0.6 is 11.3 Å². The van der Waals surface area contributed by atoms with Crippen LogP contribution in [0.1, 0.15) is 42.0 Å². The van der Waals surface area contributed by atoms with Gasteiger partial charge in [0.05, 0.1) is 18.8 Å². The minimum atomic E-state index is -0.409. The summed E-state index contributed by atoms with van der Waals surface area (Å²) >= 11 is 1.56. The predicted octanol–water partition coefficient (Wildman–Crippen LogP) is 2.16. The van der Waals surface area contributed by atoms with Crippen molar-refractivity contribution in [3.63, 3.8) is 0 Å². The molecule has 0 spiro atoms. The molecule has 2 aromatic rings. The lowest BCUT2D eigenvalue weighted by Gasteiger charge is -2.08. The lowest BCUT2D eigenvalue weighted by atomic mass is 10.1. The van der Waals surface area contributed by atoms with Gasteiger partial charge in [-0.2, -0.15) is 0 Å². The number of ether oxygens (including phenoxy) is 1. The van der Waals surface area contributed by atoms with Crippen molar-refractivity contribution >= 4 is 17.3 Å².